The van der Waals surface area contributed by atoms with Gasteiger partial charge in [0.2, 0.25) is 0 Å². The topological polar surface area (TPSA) is 56.0 Å². The fraction of sp³-hybridized carbons (Fsp3) is 0. The number of imidazole rings is 1. The molecule has 3 heterocycles. The zero-order valence-electron chi connectivity index (χ0n) is 29.8. The third kappa shape index (κ3) is 6.24. The van der Waals surface area contributed by atoms with Crippen LogP contribution in [0.2, 0.25) is 0 Å². The second kappa shape index (κ2) is 13.8. The minimum absolute atomic E-state index is 0.622. The van der Waals surface area contributed by atoms with E-state index in [2.05, 4.69) is 174 Å². The number of fused-ring (bicyclic) bond motifs is 2. The molecule has 55 heavy (non-hydrogen) atoms. The van der Waals surface area contributed by atoms with E-state index in [-0.39, 0.29) is 0 Å². The Morgan fingerprint density at radius 2 is 0.782 bits per heavy atom. The molecule has 0 atom stereocenters. The lowest BCUT2D eigenvalue weighted by Gasteiger charge is -2.11. The molecule has 0 fully saturated rings. The Hall–Kier alpha value is -7.50. The highest BCUT2D eigenvalue weighted by molar-refractivity contribution is 5.87. The van der Waals surface area contributed by atoms with Crippen LogP contribution in [0.3, 0.4) is 0 Å². The van der Waals surface area contributed by atoms with Crippen molar-refractivity contribution < 1.29 is 0 Å². The first-order valence-electron chi connectivity index (χ1n) is 18.4. The number of benzene rings is 7. The van der Waals surface area contributed by atoms with Crippen molar-refractivity contribution in [1.82, 2.24) is 24.3 Å². The molecule has 258 valence electrons. The molecule has 0 spiro atoms. The van der Waals surface area contributed by atoms with Crippen LogP contribution in [-0.4, -0.2) is 24.3 Å². The molecule has 10 rings (SSSR count). The van der Waals surface area contributed by atoms with Crippen molar-refractivity contribution in [3.63, 3.8) is 0 Å². The van der Waals surface area contributed by atoms with Crippen LogP contribution < -0.4 is 0 Å². The van der Waals surface area contributed by atoms with Crippen LogP contribution in [0.1, 0.15) is 0 Å². The van der Waals surface area contributed by atoms with Gasteiger partial charge in [0.05, 0.1) is 11.4 Å². The van der Waals surface area contributed by atoms with E-state index in [4.69, 9.17) is 19.9 Å². The van der Waals surface area contributed by atoms with E-state index >= 15 is 0 Å². The van der Waals surface area contributed by atoms with Crippen molar-refractivity contribution in [3.05, 3.63) is 200 Å². The SMILES string of the molecule is c1ccc(-c2ccc(-c3nc(-c4cccc(-c5ccc(-c6c(-c7ccccc7)nc7ccccn67)cc5)c4)nc(-c4ccc5ccccc5c4)n3)cc2)cc1. The van der Waals surface area contributed by atoms with E-state index in [1.807, 2.05) is 30.3 Å². The fourth-order valence-corrected chi connectivity index (χ4v) is 7.26. The van der Waals surface area contributed by atoms with Gasteiger partial charge in [-0.3, -0.25) is 4.40 Å². The Bertz CT molecular complexity index is 2950. The Morgan fingerprint density at radius 1 is 0.291 bits per heavy atom. The quantitative estimate of drug-likeness (QED) is 0.166. The van der Waals surface area contributed by atoms with Gasteiger partial charge in [-0.25, -0.2) is 19.9 Å². The van der Waals surface area contributed by atoms with Gasteiger partial charge in [0.15, 0.2) is 17.5 Å². The predicted molar refractivity (Wildman–Crippen MR) is 224 cm³/mol. The monoisotopic (exact) mass is 703 g/mol. The minimum Gasteiger partial charge on any atom is -0.299 e. The molecule has 0 N–H and O–H groups in total. The molecule has 0 radical (unpaired) electrons. The van der Waals surface area contributed by atoms with Crippen LogP contribution in [0.25, 0.3) is 95.4 Å². The van der Waals surface area contributed by atoms with Crippen LogP contribution in [0, 0.1) is 0 Å². The summed E-state index contributed by atoms with van der Waals surface area (Å²) in [5.41, 5.74) is 12.4. The third-order valence-electron chi connectivity index (χ3n) is 10.1. The molecule has 5 heteroatoms. The van der Waals surface area contributed by atoms with Gasteiger partial charge < -0.3 is 0 Å². The number of aromatic nitrogens is 5. The molecule has 0 aliphatic rings. The van der Waals surface area contributed by atoms with Gasteiger partial charge in [-0.15, -0.1) is 0 Å². The molecule has 10 aromatic rings. The summed E-state index contributed by atoms with van der Waals surface area (Å²) in [6.45, 7) is 0. The van der Waals surface area contributed by atoms with Crippen LogP contribution >= 0.6 is 0 Å². The van der Waals surface area contributed by atoms with Crippen molar-refractivity contribution in [1.29, 1.82) is 0 Å². The molecular weight excluding hydrogens is 671 g/mol. The number of hydrogen-bond acceptors (Lipinski definition) is 4. The average molecular weight is 704 g/mol. The van der Waals surface area contributed by atoms with E-state index in [9.17, 15) is 0 Å². The standard InChI is InChI=1S/C50H33N5/c1-3-12-34(13-4-1)36-23-28-40(29-24-36)48-52-49(54-50(53-48)44-30-25-35-14-7-8-17-41(35)33-44)43-19-11-18-42(32-43)37-21-26-39(27-22-37)47-46(38-15-5-2-6-16-38)51-45-20-9-10-31-55(45)47/h1-33H. The molecule has 7 aromatic carbocycles. The molecule has 3 aromatic heterocycles. The number of rotatable bonds is 7. The maximum atomic E-state index is 5.09. The van der Waals surface area contributed by atoms with Crippen molar-refractivity contribution in [2.75, 3.05) is 0 Å². The lowest BCUT2D eigenvalue weighted by atomic mass is 9.99. The first kappa shape index (κ1) is 32.2. The highest BCUT2D eigenvalue weighted by Gasteiger charge is 2.17. The third-order valence-corrected chi connectivity index (χ3v) is 10.1. The zero-order valence-corrected chi connectivity index (χ0v) is 29.8. The number of hydrogen-bond donors (Lipinski definition) is 0. The second-order valence-electron chi connectivity index (χ2n) is 13.6. The smallest absolute Gasteiger partial charge is 0.164 e. The Balaban J connectivity index is 1.04. The van der Waals surface area contributed by atoms with Crippen molar-refractivity contribution in [3.8, 4) is 78.9 Å². The van der Waals surface area contributed by atoms with Crippen LogP contribution in [0.15, 0.2) is 200 Å². The molecule has 0 bridgehead atoms. The molecule has 0 aliphatic carbocycles. The lowest BCUT2D eigenvalue weighted by molar-refractivity contribution is 1.07. The maximum absolute atomic E-state index is 5.09. The zero-order chi connectivity index (χ0) is 36.6. The first-order chi connectivity index (χ1) is 27.2. The molecule has 0 saturated heterocycles. The summed E-state index contributed by atoms with van der Waals surface area (Å²) in [5.74, 6) is 1.89. The summed E-state index contributed by atoms with van der Waals surface area (Å²) >= 11 is 0. The van der Waals surface area contributed by atoms with Gasteiger partial charge >= 0.3 is 0 Å². The fourth-order valence-electron chi connectivity index (χ4n) is 7.26. The van der Waals surface area contributed by atoms with E-state index in [1.54, 1.807) is 0 Å². The summed E-state index contributed by atoms with van der Waals surface area (Å²) in [6.07, 6.45) is 2.08. The summed E-state index contributed by atoms with van der Waals surface area (Å²) in [7, 11) is 0. The van der Waals surface area contributed by atoms with Crippen LogP contribution in [0.4, 0.5) is 0 Å². The molecule has 5 nitrogen and oxygen atoms in total. The second-order valence-corrected chi connectivity index (χ2v) is 13.6. The summed E-state index contributed by atoms with van der Waals surface area (Å²) < 4.78 is 2.17. The van der Waals surface area contributed by atoms with Gasteiger partial charge in [0.1, 0.15) is 5.65 Å². The Labute approximate surface area is 319 Å². The van der Waals surface area contributed by atoms with Crippen molar-refractivity contribution in [2.24, 2.45) is 0 Å². The Kier molecular flexibility index (Phi) is 8.08. The van der Waals surface area contributed by atoms with Gasteiger partial charge in [-0.2, -0.15) is 0 Å². The van der Waals surface area contributed by atoms with Gasteiger partial charge in [-0.1, -0.05) is 170 Å². The van der Waals surface area contributed by atoms with E-state index in [0.717, 1.165) is 66.9 Å². The van der Waals surface area contributed by atoms with Crippen molar-refractivity contribution in [2.45, 2.75) is 0 Å². The summed E-state index contributed by atoms with van der Waals surface area (Å²) in [4.78, 5) is 20.2. The lowest BCUT2D eigenvalue weighted by Crippen LogP contribution is -2.00. The molecule has 0 amide bonds. The van der Waals surface area contributed by atoms with Crippen molar-refractivity contribution >= 4 is 16.4 Å². The predicted octanol–water partition coefficient (Wildman–Crippen LogP) is 12.3. The molecule has 0 saturated carbocycles. The van der Waals surface area contributed by atoms with Gasteiger partial charge in [0.25, 0.3) is 0 Å². The largest absolute Gasteiger partial charge is 0.299 e. The number of nitrogens with zero attached hydrogens (tertiary/aromatic N) is 5. The van der Waals surface area contributed by atoms with Crippen LogP contribution in [-0.2, 0) is 0 Å². The number of pyridine rings is 1. The summed E-state index contributed by atoms with van der Waals surface area (Å²) in [5, 5.41) is 2.31. The average Bonchev–Trinajstić information content (AvgIpc) is 3.67. The van der Waals surface area contributed by atoms with E-state index in [1.165, 1.54) is 10.9 Å². The highest BCUT2D eigenvalue weighted by atomic mass is 15.0. The highest BCUT2D eigenvalue weighted by Crippen LogP contribution is 2.35. The normalized spacial score (nSPS) is 11.3. The first-order valence-corrected chi connectivity index (χ1v) is 18.4. The van der Waals surface area contributed by atoms with Gasteiger partial charge in [0, 0.05) is 34.0 Å². The molecule has 0 unspecified atom stereocenters. The van der Waals surface area contributed by atoms with E-state index in [0.29, 0.717) is 17.5 Å². The van der Waals surface area contributed by atoms with E-state index < -0.39 is 0 Å². The van der Waals surface area contributed by atoms with Gasteiger partial charge in [-0.05, 0) is 57.3 Å². The minimum atomic E-state index is 0.622. The summed E-state index contributed by atoms with van der Waals surface area (Å²) in [6, 6.07) is 67.2. The molecular formula is C50H33N5. The Morgan fingerprint density at radius 3 is 1.51 bits per heavy atom. The maximum Gasteiger partial charge on any atom is 0.164 e. The van der Waals surface area contributed by atoms with Crippen LogP contribution in [0.5, 0.6) is 0 Å². The molecule has 0 aliphatic heterocycles.